The standard InChI is InChI=1S/C9H20N2.2ClH/c1-8-3-4-9(2)11(7-8)6-5-10;;/h8-9H,3-7,10H2,1-2H3;2*1H. The van der Waals surface area contributed by atoms with Crippen LogP contribution in [-0.2, 0) is 0 Å². The zero-order valence-corrected chi connectivity index (χ0v) is 10.2. The molecule has 2 unspecified atom stereocenters. The predicted molar refractivity (Wildman–Crippen MR) is 63.0 cm³/mol. The second kappa shape index (κ2) is 7.86. The molecule has 1 heterocycles. The minimum Gasteiger partial charge on any atom is -0.329 e. The van der Waals surface area contributed by atoms with E-state index in [0.29, 0.717) is 0 Å². The maximum Gasteiger partial charge on any atom is 0.0108 e. The van der Waals surface area contributed by atoms with Crippen molar-refractivity contribution in [3.05, 3.63) is 0 Å². The lowest BCUT2D eigenvalue weighted by atomic mass is 9.95. The number of hydrogen-bond donors (Lipinski definition) is 1. The van der Waals surface area contributed by atoms with Gasteiger partial charge in [-0.05, 0) is 25.7 Å². The van der Waals surface area contributed by atoms with Gasteiger partial charge < -0.3 is 5.73 Å². The summed E-state index contributed by atoms with van der Waals surface area (Å²) in [7, 11) is 0. The summed E-state index contributed by atoms with van der Waals surface area (Å²) in [6, 6.07) is 0.759. The van der Waals surface area contributed by atoms with Crippen molar-refractivity contribution in [3.63, 3.8) is 0 Å². The van der Waals surface area contributed by atoms with Crippen LogP contribution in [0.4, 0.5) is 0 Å². The minimum atomic E-state index is 0. The number of halogens is 2. The summed E-state index contributed by atoms with van der Waals surface area (Å²) in [5.41, 5.74) is 5.53. The molecule has 13 heavy (non-hydrogen) atoms. The quantitative estimate of drug-likeness (QED) is 0.783. The largest absolute Gasteiger partial charge is 0.329 e. The summed E-state index contributed by atoms with van der Waals surface area (Å²) in [5, 5.41) is 0. The summed E-state index contributed by atoms with van der Waals surface area (Å²) in [6.07, 6.45) is 2.74. The van der Waals surface area contributed by atoms with Gasteiger partial charge in [0.15, 0.2) is 0 Å². The Morgan fingerprint density at radius 2 is 1.85 bits per heavy atom. The van der Waals surface area contributed by atoms with Crippen molar-refractivity contribution in [1.29, 1.82) is 0 Å². The molecule has 0 radical (unpaired) electrons. The van der Waals surface area contributed by atoms with E-state index >= 15 is 0 Å². The van der Waals surface area contributed by atoms with Crippen molar-refractivity contribution in [2.45, 2.75) is 32.7 Å². The van der Waals surface area contributed by atoms with E-state index in [2.05, 4.69) is 18.7 Å². The molecule has 1 rings (SSSR count). The molecule has 82 valence electrons. The highest BCUT2D eigenvalue weighted by Crippen LogP contribution is 2.20. The third-order valence-corrected chi connectivity index (χ3v) is 2.66. The molecule has 0 aliphatic carbocycles. The molecule has 2 N–H and O–H groups in total. The Bertz CT molecular complexity index is 122. The maximum atomic E-state index is 5.53. The van der Waals surface area contributed by atoms with Gasteiger partial charge in [-0.15, -0.1) is 24.8 Å². The molecule has 4 heteroatoms. The molecule has 0 spiro atoms. The van der Waals surface area contributed by atoms with Gasteiger partial charge in [0.05, 0.1) is 0 Å². The Kier molecular flexibility index (Phi) is 9.65. The summed E-state index contributed by atoms with van der Waals surface area (Å²) < 4.78 is 0. The summed E-state index contributed by atoms with van der Waals surface area (Å²) >= 11 is 0. The highest BCUT2D eigenvalue weighted by molar-refractivity contribution is 5.85. The van der Waals surface area contributed by atoms with E-state index in [0.717, 1.165) is 25.0 Å². The number of likely N-dealkylation sites (tertiary alicyclic amines) is 1. The van der Waals surface area contributed by atoms with E-state index in [4.69, 9.17) is 5.73 Å². The molecule has 0 aromatic heterocycles. The Balaban J connectivity index is 0. The molecule has 0 aromatic carbocycles. The van der Waals surface area contributed by atoms with Gasteiger partial charge >= 0.3 is 0 Å². The van der Waals surface area contributed by atoms with Crippen molar-refractivity contribution in [2.24, 2.45) is 11.7 Å². The van der Waals surface area contributed by atoms with Crippen LogP contribution in [0.1, 0.15) is 26.7 Å². The highest BCUT2D eigenvalue weighted by Gasteiger charge is 2.21. The molecular formula is C9H22Cl2N2. The van der Waals surface area contributed by atoms with Crippen molar-refractivity contribution >= 4 is 24.8 Å². The van der Waals surface area contributed by atoms with Crippen LogP contribution in [0.3, 0.4) is 0 Å². The lowest BCUT2D eigenvalue weighted by Gasteiger charge is -2.36. The molecular weight excluding hydrogens is 207 g/mol. The molecule has 1 fully saturated rings. The van der Waals surface area contributed by atoms with Crippen LogP contribution in [0, 0.1) is 5.92 Å². The highest BCUT2D eigenvalue weighted by atomic mass is 35.5. The van der Waals surface area contributed by atoms with E-state index in [9.17, 15) is 0 Å². The fourth-order valence-electron chi connectivity index (χ4n) is 1.86. The lowest BCUT2D eigenvalue weighted by molar-refractivity contribution is 0.129. The van der Waals surface area contributed by atoms with Crippen LogP contribution in [0.2, 0.25) is 0 Å². The second-order valence-electron chi connectivity index (χ2n) is 3.82. The number of rotatable bonds is 2. The first-order valence-corrected chi connectivity index (χ1v) is 4.68. The van der Waals surface area contributed by atoms with Gasteiger partial charge in [-0.1, -0.05) is 6.92 Å². The Hall–Kier alpha value is 0.500. The number of hydrogen-bond acceptors (Lipinski definition) is 2. The van der Waals surface area contributed by atoms with Crippen LogP contribution in [0.25, 0.3) is 0 Å². The summed E-state index contributed by atoms with van der Waals surface area (Å²) in [4.78, 5) is 2.51. The van der Waals surface area contributed by atoms with E-state index in [1.165, 1.54) is 19.4 Å². The van der Waals surface area contributed by atoms with Crippen molar-refractivity contribution < 1.29 is 0 Å². The third-order valence-electron chi connectivity index (χ3n) is 2.66. The average Bonchev–Trinajstić information content (AvgIpc) is 1.98. The average molecular weight is 229 g/mol. The number of nitrogens with two attached hydrogens (primary N) is 1. The smallest absolute Gasteiger partial charge is 0.0108 e. The topological polar surface area (TPSA) is 29.3 Å². The second-order valence-corrected chi connectivity index (χ2v) is 3.82. The molecule has 0 saturated carbocycles. The minimum absolute atomic E-state index is 0. The monoisotopic (exact) mass is 228 g/mol. The molecule has 0 bridgehead atoms. The van der Waals surface area contributed by atoms with E-state index < -0.39 is 0 Å². The van der Waals surface area contributed by atoms with Crippen LogP contribution in [0.15, 0.2) is 0 Å². The van der Waals surface area contributed by atoms with Gasteiger partial charge in [-0.3, -0.25) is 4.90 Å². The SMILES string of the molecule is CC1CCC(C)N(CCN)C1.Cl.Cl. The first kappa shape index (κ1) is 15.9. The predicted octanol–water partition coefficient (Wildman–Crippen LogP) is 1.91. The van der Waals surface area contributed by atoms with Gasteiger partial charge in [0.25, 0.3) is 0 Å². The molecule has 0 aromatic rings. The fraction of sp³-hybridized carbons (Fsp3) is 1.00. The van der Waals surface area contributed by atoms with Gasteiger partial charge in [-0.2, -0.15) is 0 Å². The van der Waals surface area contributed by atoms with Crippen LogP contribution in [-0.4, -0.2) is 30.6 Å². The molecule has 2 nitrogen and oxygen atoms in total. The van der Waals surface area contributed by atoms with Crippen molar-refractivity contribution in [2.75, 3.05) is 19.6 Å². The van der Waals surface area contributed by atoms with E-state index in [-0.39, 0.29) is 24.8 Å². The van der Waals surface area contributed by atoms with Crippen LogP contribution < -0.4 is 5.73 Å². The Morgan fingerprint density at radius 1 is 1.23 bits per heavy atom. The first-order chi connectivity index (χ1) is 5.24. The molecule has 1 aliphatic rings. The van der Waals surface area contributed by atoms with Gasteiger partial charge in [0.2, 0.25) is 0 Å². The van der Waals surface area contributed by atoms with Gasteiger partial charge in [-0.25, -0.2) is 0 Å². The lowest BCUT2D eigenvalue weighted by Crippen LogP contribution is -2.43. The maximum absolute atomic E-state index is 5.53. The zero-order valence-electron chi connectivity index (χ0n) is 8.53. The molecule has 1 aliphatic heterocycles. The van der Waals surface area contributed by atoms with Gasteiger partial charge in [0, 0.05) is 25.7 Å². The van der Waals surface area contributed by atoms with Crippen molar-refractivity contribution in [1.82, 2.24) is 4.90 Å². The Morgan fingerprint density at radius 3 is 2.38 bits per heavy atom. The van der Waals surface area contributed by atoms with E-state index in [1.807, 2.05) is 0 Å². The first-order valence-electron chi connectivity index (χ1n) is 4.68. The Labute approximate surface area is 94.1 Å². The van der Waals surface area contributed by atoms with E-state index in [1.54, 1.807) is 0 Å². The molecule has 2 atom stereocenters. The van der Waals surface area contributed by atoms with Crippen LogP contribution in [0.5, 0.6) is 0 Å². The van der Waals surface area contributed by atoms with Crippen LogP contribution >= 0.6 is 24.8 Å². The summed E-state index contributed by atoms with van der Waals surface area (Å²) in [6.45, 7) is 7.76. The fourth-order valence-corrected chi connectivity index (χ4v) is 1.86. The number of piperidine rings is 1. The van der Waals surface area contributed by atoms with Gasteiger partial charge in [0.1, 0.15) is 0 Å². The number of nitrogens with zero attached hydrogens (tertiary/aromatic N) is 1. The van der Waals surface area contributed by atoms with Crippen molar-refractivity contribution in [3.8, 4) is 0 Å². The third kappa shape index (κ3) is 5.06. The zero-order chi connectivity index (χ0) is 8.27. The molecule has 0 amide bonds. The normalized spacial score (nSPS) is 28.8. The summed E-state index contributed by atoms with van der Waals surface area (Å²) in [5.74, 6) is 0.873. The molecule has 1 saturated heterocycles.